The maximum Gasteiger partial charge on any atom is 0.331 e. The number of para-hydroxylation sites is 1. The van der Waals surface area contributed by atoms with Gasteiger partial charge in [0.2, 0.25) is 0 Å². The van der Waals surface area contributed by atoms with Crippen LogP contribution in [0.3, 0.4) is 0 Å². The molecule has 0 bridgehead atoms. The summed E-state index contributed by atoms with van der Waals surface area (Å²) < 4.78 is 11.4. The topological polar surface area (TPSA) is 59.0 Å². The monoisotopic (exact) mass is 485 g/mol. The molecular formula is C31H35NO4. The number of hydrogen-bond donors (Lipinski definition) is 1. The molecule has 0 radical (unpaired) electrons. The molecular weight excluding hydrogens is 450 g/mol. The van der Waals surface area contributed by atoms with Crippen LogP contribution >= 0.6 is 0 Å². The zero-order valence-electron chi connectivity index (χ0n) is 21.2. The Morgan fingerprint density at radius 2 is 1.72 bits per heavy atom. The van der Waals surface area contributed by atoms with Crippen molar-refractivity contribution in [2.45, 2.75) is 45.6 Å². The maximum absolute atomic E-state index is 11.9. The molecule has 5 nitrogen and oxygen atoms in total. The van der Waals surface area contributed by atoms with Crippen LogP contribution in [0.25, 0.3) is 17.2 Å². The molecule has 1 heterocycles. The highest BCUT2D eigenvalue weighted by atomic mass is 16.5. The number of rotatable bonds is 10. The van der Waals surface area contributed by atoms with Crippen LogP contribution < -0.4 is 9.64 Å². The molecule has 1 N–H and O–H groups in total. The third-order valence-corrected chi connectivity index (χ3v) is 6.52. The van der Waals surface area contributed by atoms with E-state index in [-0.39, 0.29) is 6.04 Å². The Hall–Kier alpha value is -3.57. The summed E-state index contributed by atoms with van der Waals surface area (Å²) in [5.41, 5.74) is 5.55. The number of unbranched alkanes of at least 4 members (excludes halogenated alkanes) is 1. The number of aliphatic carboxylic acids is 1. The van der Waals surface area contributed by atoms with Crippen molar-refractivity contribution in [2.24, 2.45) is 0 Å². The average Bonchev–Trinajstić information content (AvgIpc) is 2.89. The van der Waals surface area contributed by atoms with Gasteiger partial charge in [-0.2, -0.15) is 0 Å². The predicted molar refractivity (Wildman–Crippen MR) is 146 cm³/mol. The van der Waals surface area contributed by atoms with Gasteiger partial charge in [-0.3, -0.25) is 0 Å². The van der Waals surface area contributed by atoms with Crippen molar-refractivity contribution in [3.8, 4) is 16.9 Å². The summed E-state index contributed by atoms with van der Waals surface area (Å²) in [6.07, 6.45) is 5.32. The molecule has 188 valence electrons. The summed E-state index contributed by atoms with van der Waals surface area (Å²) in [6.45, 7) is 6.19. The molecule has 4 rings (SSSR count). The van der Waals surface area contributed by atoms with Gasteiger partial charge in [0.25, 0.3) is 0 Å². The highest BCUT2D eigenvalue weighted by Gasteiger charge is 2.24. The second-order valence-electron chi connectivity index (χ2n) is 9.18. The number of fused-ring (bicyclic) bond motifs is 1. The van der Waals surface area contributed by atoms with Crippen molar-refractivity contribution < 1.29 is 19.4 Å². The molecule has 0 fully saturated rings. The number of anilines is 2. The Balaban J connectivity index is 1.60. The molecule has 1 aliphatic rings. The first-order chi connectivity index (χ1) is 17.6. The molecule has 3 aromatic rings. The molecule has 5 heteroatoms. The molecule has 1 unspecified atom stereocenters. The molecule has 0 saturated heterocycles. The van der Waals surface area contributed by atoms with Crippen LogP contribution in [0, 0.1) is 0 Å². The van der Waals surface area contributed by atoms with Crippen LogP contribution in [0.1, 0.15) is 45.1 Å². The van der Waals surface area contributed by atoms with Gasteiger partial charge in [-0.15, -0.1) is 0 Å². The summed E-state index contributed by atoms with van der Waals surface area (Å²) in [5, 5.41) is 9.79. The zero-order valence-corrected chi connectivity index (χ0v) is 21.2. The minimum absolute atomic E-state index is 0.155. The SMILES string of the molecule is CCCCOCCOc1ccc(-c2ccc3c(c2)/C=C(/C(=O)O)CCC(C)N3c2ccccc2)cc1. The lowest BCUT2D eigenvalue weighted by atomic mass is 9.94. The predicted octanol–water partition coefficient (Wildman–Crippen LogP) is 7.34. The Bertz CT molecular complexity index is 1170. The van der Waals surface area contributed by atoms with Gasteiger partial charge in [-0.1, -0.05) is 49.7 Å². The Labute approximate surface area is 214 Å². The molecule has 1 atom stereocenters. The fraction of sp³-hybridized carbons (Fsp3) is 0.323. The lowest BCUT2D eigenvalue weighted by molar-refractivity contribution is -0.132. The van der Waals surface area contributed by atoms with E-state index in [1.165, 1.54) is 0 Å². The number of benzene rings is 3. The van der Waals surface area contributed by atoms with Gasteiger partial charge >= 0.3 is 5.97 Å². The Kier molecular flexibility index (Phi) is 8.80. The highest BCUT2D eigenvalue weighted by Crippen LogP contribution is 2.38. The first-order valence-corrected chi connectivity index (χ1v) is 12.8. The van der Waals surface area contributed by atoms with Crippen LogP contribution in [0.4, 0.5) is 11.4 Å². The molecule has 36 heavy (non-hydrogen) atoms. The minimum Gasteiger partial charge on any atom is -0.491 e. The number of carboxylic acid groups (broad SMARTS) is 1. The van der Waals surface area contributed by atoms with Crippen molar-refractivity contribution in [3.63, 3.8) is 0 Å². The summed E-state index contributed by atoms with van der Waals surface area (Å²) in [5.74, 6) is -0.0480. The van der Waals surface area contributed by atoms with Gasteiger partial charge < -0.3 is 19.5 Å². The Morgan fingerprint density at radius 1 is 0.972 bits per heavy atom. The van der Waals surface area contributed by atoms with E-state index in [4.69, 9.17) is 9.47 Å². The normalized spacial score (nSPS) is 16.9. The van der Waals surface area contributed by atoms with Crippen LogP contribution in [-0.2, 0) is 9.53 Å². The molecule has 0 amide bonds. The van der Waals surface area contributed by atoms with E-state index < -0.39 is 5.97 Å². The number of ether oxygens (including phenoxy) is 2. The van der Waals surface area contributed by atoms with Crippen molar-refractivity contribution >= 4 is 23.4 Å². The Morgan fingerprint density at radius 3 is 2.44 bits per heavy atom. The molecule has 0 saturated carbocycles. The standard InChI is InChI=1S/C31H35NO4/c1-3-4-18-35-19-20-36-29-15-12-24(13-16-29)25-14-17-30-27(21-25)22-26(31(33)34)11-10-23(2)32(30)28-8-6-5-7-9-28/h5-9,12-17,21-23H,3-4,10-11,18-20H2,1-2H3,(H,33,34)/b26-22+. The van der Waals surface area contributed by atoms with Gasteiger partial charge in [0, 0.05) is 29.6 Å². The van der Waals surface area contributed by atoms with Crippen LogP contribution in [-0.4, -0.2) is 36.9 Å². The number of carbonyl (C=O) groups is 1. The largest absolute Gasteiger partial charge is 0.491 e. The van der Waals surface area contributed by atoms with Gasteiger partial charge in [0.05, 0.1) is 6.61 Å². The third kappa shape index (κ3) is 6.35. The van der Waals surface area contributed by atoms with Gasteiger partial charge in [-0.25, -0.2) is 4.79 Å². The first kappa shape index (κ1) is 25.5. The van der Waals surface area contributed by atoms with E-state index in [1.54, 1.807) is 0 Å². The highest BCUT2D eigenvalue weighted by molar-refractivity contribution is 5.94. The number of hydrogen-bond acceptors (Lipinski definition) is 4. The molecule has 0 aliphatic carbocycles. The molecule has 0 spiro atoms. The molecule has 3 aromatic carbocycles. The van der Waals surface area contributed by atoms with E-state index in [0.717, 1.165) is 59.7 Å². The second kappa shape index (κ2) is 12.4. The molecule has 0 aromatic heterocycles. The summed E-state index contributed by atoms with van der Waals surface area (Å²) >= 11 is 0. The van der Waals surface area contributed by atoms with E-state index >= 15 is 0 Å². The summed E-state index contributed by atoms with van der Waals surface area (Å²) in [6, 6.07) is 24.8. The van der Waals surface area contributed by atoms with Crippen molar-refractivity contribution in [2.75, 3.05) is 24.7 Å². The van der Waals surface area contributed by atoms with Gasteiger partial charge in [0.1, 0.15) is 12.4 Å². The fourth-order valence-electron chi connectivity index (χ4n) is 4.52. The molecule has 1 aliphatic heterocycles. The van der Waals surface area contributed by atoms with Gasteiger partial charge in [0.15, 0.2) is 0 Å². The van der Waals surface area contributed by atoms with Crippen molar-refractivity contribution in [1.82, 2.24) is 0 Å². The third-order valence-electron chi connectivity index (χ3n) is 6.52. The van der Waals surface area contributed by atoms with E-state index in [2.05, 4.69) is 49.1 Å². The average molecular weight is 486 g/mol. The second-order valence-corrected chi connectivity index (χ2v) is 9.18. The quantitative estimate of drug-likeness (QED) is 0.305. The van der Waals surface area contributed by atoms with Gasteiger partial charge in [-0.05, 0) is 85.4 Å². The number of carboxylic acids is 1. The van der Waals surface area contributed by atoms with E-state index in [1.807, 2.05) is 48.5 Å². The van der Waals surface area contributed by atoms with Crippen LogP contribution in [0.15, 0.2) is 78.4 Å². The van der Waals surface area contributed by atoms with E-state index in [0.29, 0.717) is 25.2 Å². The lowest BCUT2D eigenvalue weighted by Crippen LogP contribution is -2.30. The summed E-state index contributed by atoms with van der Waals surface area (Å²) in [7, 11) is 0. The fourth-order valence-corrected chi connectivity index (χ4v) is 4.52. The van der Waals surface area contributed by atoms with Crippen LogP contribution in [0.5, 0.6) is 5.75 Å². The maximum atomic E-state index is 11.9. The zero-order chi connectivity index (χ0) is 25.3. The van der Waals surface area contributed by atoms with E-state index in [9.17, 15) is 9.90 Å². The van der Waals surface area contributed by atoms with Crippen molar-refractivity contribution in [1.29, 1.82) is 0 Å². The smallest absolute Gasteiger partial charge is 0.331 e. The van der Waals surface area contributed by atoms with Crippen molar-refractivity contribution in [3.05, 3.63) is 83.9 Å². The first-order valence-electron chi connectivity index (χ1n) is 12.8. The number of nitrogens with zero attached hydrogens (tertiary/aromatic N) is 1. The van der Waals surface area contributed by atoms with Crippen LogP contribution in [0.2, 0.25) is 0 Å². The summed E-state index contributed by atoms with van der Waals surface area (Å²) in [4.78, 5) is 14.2. The minimum atomic E-state index is -0.855. The lowest BCUT2D eigenvalue weighted by Gasteiger charge is -2.34.